The number of ketones is 1. The maximum absolute atomic E-state index is 13.4. The van der Waals surface area contributed by atoms with Crippen molar-refractivity contribution < 1.29 is 45.0 Å². The van der Waals surface area contributed by atoms with Crippen LogP contribution in [-0.4, -0.2) is 83.1 Å². The summed E-state index contributed by atoms with van der Waals surface area (Å²) in [7, 11) is 0. The molecule has 0 aromatic rings. The van der Waals surface area contributed by atoms with E-state index in [0.717, 1.165) is 0 Å². The molecule has 9 nitrogen and oxygen atoms in total. The lowest BCUT2D eigenvalue weighted by Gasteiger charge is -2.62. The van der Waals surface area contributed by atoms with Gasteiger partial charge in [0.2, 0.25) is 0 Å². The maximum Gasteiger partial charge on any atom is 0.303 e. The number of aliphatic hydroxyl groups excluding tert-OH is 2. The molecule has 0 amide bonds. The first-order chi connectivity index (χ1) is 17.2. The number of carbonyl (C=O) groups is 2. The van der Waals surface area contributed by atoms with Crippen LogP contribution in [0.2, 0.25) is 0 Å². The minimum Gasteiger partial charge on any atom is -0.459 e. The van der Waals surface area contributed by atoms with Crippen molar-refractivity contribution in [3.63, 3.8) is 0 Å². The number of rotatable bonds is 6. The fraction of sp³-hybridized carbons (Fsp3) is 0.862. The standard InChI is InChI=1S/C29H46O9/c1-16(30)38-23(9-10-24(2,3)34)27(6,35)21-8-12-28(36)18-13-22(33)29(37)15-20(32)19(31)14-26(29,5)17(18)7-11-25(21,28)4/h13,17,19-21,23,31-32,34-37H,7-12,14-15H2,1-6H3. The molecule has 0 heterocycles. The third-order valence-electron chi connectivity index (χ3n) is 11.0. The summed E-state index contributed by atoms with van der Waals surface area (Å²) in [6.45, 7) is 9.88. The molecule has 38 heavy (non-hydrogen) atoms. The van der Waals surface area contributed by atoms with Gasteiger partial charge in [0.25, 0.3) is 0 Å². The molecule has 10 unspecified atom stereocenters. The van der Waals surface area contributed by atoms with Gasteiger partial charge >= 0.3 is 5.97 Å². The molecule has 0 aromatic heterocycles. The van der Waals surface area contributed by atoms with Gasteiger partial charge in [-0.3, -0.25) is 9.59 Å². The molecule has 9 heteroatoms. The molecule has 0 saturated heterocycles. The highest BCUT2D eigenvalue weighted by Crippen LogP contribution is 2.69. The van der Waals surface area contributed by atoms with Crippen LogP contribution in [0.4, 0.5) is 0 Å². The molecule has 4 aliphatic carbocycles. The van der Waals surface area contributed by atoms with Gasteiger partial charge in [-0.25, -0.2) is 0 Å². The highest BCUT2D eigenvalue weighted by Gasteiger charge is 2.72. The van der Waals surface area contributed by atoms with Crippen LogP contribution in [-0.2, 0) is 14.3 Å². The molecule has 0 radical (unpaired) electrons. The molecule has 4 rings (SSSR count). The average Bonchev–Trinajstić information content (AvgIpc) is 3.06. The van der Waals surface area contributed by atoms with Gasteiger partial charge in [0.15, 0.2) is 5.78 Å². The fourth-order valence-corrected chi connectivity index (χ4v) is 8.67. The number of fused-ring (bicyclic) bond motifs is 5. The Labute approximate surface area is 224 Å². The second kappa shape index (κ2) is 9.08. The van der Waals surface area contributed by atoms with Crippen molar-refractivity contribution >= 4 is 11.8 Å². The number of aliphatic hydroxyl groups is 6. The molecule has 3 fully saturated rings. The van der Waals surface area contributed by atoms with Gasteiger partial charge in [0, 0.05) is 24.2 Å². The summed E-state index contributed by atoms with van der Waals surface area (Å²) in [6, 6.07) is 0. The molecule has 3 saturated carbocycles. The molecule has 6 N–H and O–H groups in total. The van der Waals surface area contributed by atoms with Crippen molar-refractivity contribution in [1.82, 2.24) is 0 Å². The number of hydrogen-bond acceptors (Lipinski definition) is 9. The van der Waals surface area contributed by atoms with E-state index < -0.39 is 75.1 Å². The van der Waals surface area contributed by atoms with Crippen LogP contribution in [0.3, 0.4) is 0 Å². The van der Waals surface area contributed by atoms with Crippen molar-refractivity contribution in [2.75, 3.05) is 0 Å². The van der Waals surface area contributed by atoms with Gasteiger partial charge in [-0.15, -0.1) is 0 Å². The summed E-state index contributed by atoms with van der Waals surface area (Å²) in [6.07, 6.45) is 0.106. The molecule has 10 atom stereocenters. The van der Waals surface area contributed by atoms with E-state index in [1.165, 1.54) is 13.0 Å². The third-order valence-corrected chi connectivity index (χ3v) is 11.0. The zero-order valence-electron chi connectivity index (χ0n) is 23.5. The van der Waals surface area contributed by atoms with Crippen molar-refractivity contribution in [1.29, 1.82) is 0 Å². The molecule has 0 aliphatic heterocycles. The first kappa shape index (κ1) is 29.6. The topological polar surface area (TPSA) is 165 Å². The predicted octanol–water partition coefficient (Wildman–Crippen LogP) is 1.54. The Balaban J connectivity index is 1.72. The van der Waals surface area contributed by atoms with Crippen LogP contribution in [0.5, 0.6) is 0 Å². The molecule has 0 aromatic carbocycles. The van der Waals surface area contributed by atoms with E-state index in [4.69, 9.17) is 4.74 Å². The summed E-state index contributed by atoms with van der Waals surface area (Å²) in [5, 5.41) is 67.0. The summed E-state index contributed by atoms with van der Waals surface area (Å²) >= 11 is 0. The van der Waals surface area contributed by atoms with Crippen LogP contribution < -0.4 is 0 Å². The predicted molar refractivity (Wildman–Crippen MR) is 138 cm³/mol. The number of carbonyl (C=O) groups excluding carboxylic acids is 2. The second-order valence-corrected chi connectivity index (χ2v) is 13.9. The van der Waals surface area contributed by atoms with Gasteiger partial charge in [0.05, 0.1) is 23.4 Å². The van der Waals surface area contributed by atoms with Gasteiger partial charge in [-0.1, -0.05) is 13.8 Å². The smallest absolute Gasteiger partial charge is 0.303 e. The van der Waals surface area contributed by atoms with Crippen LogP contribution in [0.1, 0.15) is 92.9 Å². The number of ether oxygens (including phenoxy) is 1. The monoisotopic (exact) mass is 538 g/mol. The number of hydrogen-bond donors (Lipinski definition) is 6. The highest BCUT2D eigenvalue weighted by atomic mass is 16.6. The van der Waals surface area contributed by atoms with E-state index in [-0.39, 0.29) is 25.7 Å². The molecule has 0 spiro atoms. The van der Waals surface area contributed by atoms with Crippen LogP contribution >= 0.6 is 0 Å². The largest absolute Gasteiger partial charge is 0.459 e. The van der Waals surface area contributed by atoms with Gasteiger partial charge in [-0.05, 0) is 89.2 Å². The SMILES string of the molecule is CC(=O)OC(CCC(C)(C)O)C(C)(O)C1CCC2(O)C3=CC(=O)C4(O)CC(O)C(O)CC4(C)C3CCC12C. The summed E-state index contributed by atoms with van der Waals surface area (Å²) in [4.78, 5) is 25.4. The van der Waals surface area contributed by atoms with Gasteiger partial charge < -0.3 is 35.4 Å². The zero-order chi connectivity index (χ0) is 28.7. The van der Waals surface area contributed by atoms with Gasteiger partial charge in [-0.2, -0.15) is 0 Å². The van der Waals surface area contributed by atoms with E-state index in [1.54, 1.807) is 27.7 Å². The Bertz CT molecular complexity index is 1010. The second-order valence-electron chi connectivity index (χ2n) is 13.9. The van der Waals surface area contributed by atoms with Crippen molar-refractivity contribution in [2.45, 2.75) is 134 Å². The van der Waals surface area contributed by atoms with E-state index in [9.17, 15) is 40.2 Å². The van der Waals surface area contributed by atoms with E-state index >= 15 is 0 Å². The molecule has 4 aliphatic rings. The van der Waals surface area contributed by atoms with Crippen LogP contribution in [0.25, 0.3) is 0 Å². The Morgan fingerprint density at radius 1 is 1.03 bits per heavy atom. The Kier molecular flexibility index (Phi) is 7.07. The lowest BCUT2D eigenvalue weighted by Crippen LogP contribution is -2.69. The minimum absolute atomic E-state index is 0.0256. The maximum atomic E-state index is 13.4. The summed E-state index contributed by atoms with van der Waals surface area (Å²) in [5.74, 6) is -2.00. The fourth-order valence-electron chi connectivity index (χ4n) is 8.67. The van der Waals surface area contributed by atoms with Crippen molar-refractivity contribution in [2.24, 2.45) is 22.7 Å². The summed E-state index contributed by atoms with van der Waals surface area (Å²) < 4.78 is 5.59. The lowest BCUT2D eigenvalue weighted by molar-refractivity contribution is -0.213. The minimum atomic E-state index is -1.84. The quantitative estimate of drug-likeness (QED) is 0.275. The van der Waals surface area contributed by atoms with E-state index in [1.807, 2.05) is 6.92 Å². The highest BCUT2D eigenvalue weighted by molar-refractivity contribution is 6.00. The average molecular weight is 539 g/mol. The Morgan fingerprint density at radius 2 is 1.63 bits per heavy atom. The van der Waals surface area contributed by atoms with E-state index in [2.05, 4.69) is 0 Å². The van der Waals surface area contributed by atoms with E-state index in [0.29, 0.717) is 31.3 Å². The zero-order valence-corrected chi connectivity index (χ0v) is 23.5. The first-order valence-electron chi connectivity index (χ1n) is 13.9. The first-order valence-corrected chi connectivity index (χ1v) is 13.9. The third kappa shape index (κ3) is 4.20. The van der Waals surface area contributed by atoms with Crippen molar-refractivity contribution in [3.05, 3.63) is 11.6 Å². The number of esters is 1. The summed E-state index contributed by atoms with van der Waals surface area (Å²) in [5.41, 5.74) is -7.27. The van der Waals surface area contributed by atoms with Crippen molar-refractivity contribution in [3.8, 4) is 0 Å². The normalized spacial score (nSPS) is 45.3. The molecule has 216 valence electrons. The Hall–Kier alpha value is -1.36. The Morgan fingerprint density at radius 3 is 2.21 bits per heavy atom. The lowest BCUT2D eigenvalue weighted by atomic mass is 9.44. The van der Waals surface area contributed by atoms with Gasteiger partial charge in [0.1, 0.15) is 17.3 Å². The molecular formula is C29H46O9. The molecular weight excluding hydrogens is 492 g/mol. The van der Waals surface area contributed by atoms with Crippen LogP contribution in [0.15, 0.2) is 11.6 Å². The van der Waals surface area contributed by atoms with Crippen LogP contribution in [0, 0.1) is 22.7 Å². The molecule has 0 bridgehead atoms.